The van der Waals surface area contributed by atoms with Crippen molar-refractivity contribution in [3.8, 4) is 23.2 Å². The van der Waals surface area contributed by atoms with E-state index in [9.17, 15) is 10.4 Å². The van der Waals surface area contributed by atoms with E-state index in [4.69, 9.17) is 16.3 Å². The number of aromatic nitrogens is 4. The second kappa shape index (κ2) is 7.44. The number of rotatable bonds is 4. The third-order valence-corrected chi connectivity index (χ3v) is 5.10. The largest absolute Gasteiger partial charge is 0.485 e. The normalized spacial score (nSPS) is 19.8. The standard InChI is InChI=1S/C20H19ClN6O2/c1-20(2)19(28)18(12-7-11(8-22)3-5-15(12)29-20)24-10-17-23-9-14(25-17)13-4-6-16(21)27-26-13/h3-7,9,18-19,24,28H,10H2,1-2H3,(H,23,25)/t18-,19+/m0/s1. The van der Waals surface area contributed by atoms with Crippen LogP contribution < -0.4 is 10.1 Å². The molecular formula is C20H19ClN6O2. The Bertz CT molecular complexity index is 1070. The molecule has 1 aliphatic heterocycles. The zero-order valence-electron chi connectivity index (χ0n) is 15.8. The maximum atomic E-state index is 10.9. The van der Waals surface area contributed by atoms with Gasteiger partial charge < -0.3 is 20.1 Å². The Labute approximate surface area is 172 Å². The number of fused-ring (bicyclic) bond motifs is 1. The number of hydrogen-bond donors (Lipinski definition) is 3. The lowest BCUT2D eigenvalue weighted by molar-refractivity contribution is -0.0649. The maximum absolute atomic E-state index is 10.9. The van der Waals surface area contributed by atoms with Crippen molar-refractivity contribution in [3.63, 3.8) is 0 Å². The van der Waals surface area contributed by atoms with Gasteiger partial charge in [-0.05, 0) is 44.2 Å². The van der Waals surface area contributed by atoms with E-state index >= 15 is 0 Å². The summed E-state index contributed by atoms with van der Waals surface area (Å²) < 4.78 is 5.94. The zero-order valence-corrected chi connectivity index (χ0v) is 16.6. The van der Waals surface area contributed by atoms with Crippen LogP contribution in [0, 0.1) is 11.3 Å². The van der Waals surface area contributed by atoms with Gasteiger partial charge in [0.05, 0.1) is 36.1 Å². The average Bonchev–Trinajstić information content (AvgIpc) is 3.17. The topological polar surface area (TPSA) is 120 Å². The van der Waals surface area contributed by atoms with Crippen molar-refractivity contribution in [2.45, 2.75) is 38.1 Å². The van der Waals surface area contributed by atoms with Crippen molar-refractivity contribution in [2.75, 3.05) is 0 Å². The fourth-order valence-corrected chi connectivity index (χ4v) is 3.44. The molecule has 0 spiro atoms. The van der Waals surface area contributed by atoms with E-state index in [1.54, 1.807) is 36.5 Å². The number of aromatic amines is 1. The highest BCUT2D eigenvalue weighted by Gasteiger charge is 2.42. The molecule has 0 fully saturated rings. The molecule has 0 radical (unpaired) electrons. The number of H-pyrrole nitrogens is 1. The second-order valence-electron chi connectivity index (χ2n) is 7.36. The maximum Gasteiger partial charge on any atom is 0.151 e. The van der Waals surface area contributed by atoms with Crippen LogP contribution in [0.1, 0.15) is 36.8 Å². The first-order chi connectivity index (χ1) is 13.9. The van der Waals surface area contributed by atoms with Gasteiger partial charge in [0.25, 0.3) is 0 Å². The molecule has 0 saturated heterocycles. The number of ether oxygens (including phenoxy) is 1. The van der Waals surface area contributed by atoms with Crippen molar-refractivity contribution in [2.24, 2.45) is 0 Å². The molecule has 29 heavy (non-hydrogen) atoms. The summed E-state index contributed by atoms with van der Waals surface area (Å²) in [4.78, 5) is 7.55. The number of benzene rings is 1. The van der Waals surface area contributed by atoms with Crippen LogP contribution in [0.5, 0.6) is 5.75 Å². The van der Waals surface area contributed by atoms with E-state index in [2.05, 4.69) is 31.6 Å². The van der Waals surface area contributed by atoms with E-state index in [1.807, 2.05) is 13.8 Å². The molecule has 0 bridgehead atoms. The number of halogens is 1. The van der Waals surface area contributed by atoms with Crippen molar-refractivity contribution in [3.05, 3.63) is 58.6 Å². The van der Waals surface area contributed by atoms with Crippen LogP contribution in [0.4, 0.5) is 0 Å². The summed E-state index contributed by atoms with van der Waals surface area (Å²) in [6.07, 6.45) is 0.849. The van der Waals surface area contributed by atoms with Gasteiger partial charge in [-0.25, -0.2) is 4.98 Å². The molecule has 1 aliphatic rings. The predicted octanol–water partition coefficient (Wildman–Crippen LogP) is 2.75. The van der Waals surface area contributed by atoms with Gasteiger partial charge in [-0.3, -0.25) is 0 Å². The van der Waals surface area contributed by atoms with Crippen LogP contribution in [0.2, 0.25) is 5.15 Å². The van der Waals surface area contributed by atoms with Crippen LogP contribution in [-0.2, 0) is 6.54 Å². The van der Waals surface area contributed by atoms with Gasteiger partial charge in [0, 0.05) is 5.56 Å². The summed E-state index contributed by atoms with van der Waals surface area (Å²) in [6.45, 7) is 4.03. The monoisotopic (exact) mass is 410 g/mol. The minimum Gasteiger partial charge on any atom is -0.485 e. The molecule has 0 amide bonds. The highest BCUT2D eigenvalue weighted by Crippen LogP contribution is 2.40. The number of nitriles is 1. The Kier molecular flexibility index (Phi) is 4.96. The molecule has 1 aromatic carbocycles. The number of imidazole rings is 1. The van der Waals surface area contributed by atoms with Crippen LogP contribution in [0.15, 0.2) is 36.5 Å². The quantitative estimate of drug-likeness (QED) is 0.604. The first kappa shape index (κ1) is 19.3. The highest BCUT2D eigenvalue weighted by atomic mass is 35.5. The third kappa shape index (κ3) is 3.80. The first-order valence-electron chi connectivity index (χ1n) is 9.05. The van der Waals surface area contributed by atoms with Crippen molar-refractivity contribution in [1.29, 1.82) is 5.26 Å². The van der Waals surface area contributed by atoms with Crippen LogP contribution in [0.25, 0.3) is 11.4 Å². The summed E-state index contributed by atoms with van der Waals surface area (Å²) >= 11 is 5.78. The number of nitrogens with zero attached hydrogens (tertiary/aromatic N) is 4. The van der Waals surface area contributed by atoms with E-state index in [0.717, 1.165) is 5.56 Å². The van der Waals surface area contributed by atoms with Gasteiger partial charge in [0.2, 0.25) is 0 Å². The van der Waals surface area contributed by atoms with Gasteiger partial charge >= 0.3 is 0 Å². The molecule has 0 saturated carbocycles. The zero-order chi connectivity index (χ0) is 20.6. The lowest BCUT2D eigenvalue weighted by Crippen LogP contribution is -2.52. The molecule has 148 valence electrons. The van der Waals surface area contributed by atoms with Crippen molar-refractivity contribution in [1.82, 2.24) is 25.5 Å². The summed E-state index contributed by atoms with van der Waals surface area (Å²) in [7, 11) is 0. The third-order valence-electron chi connectivity index (χ3n) is 4.90. The van der Waals surface area contributed by atoms with Gasteiger partial charge in [0.1, 0.15) is 29.0 Å². The molecule has 0 aliphatic carbocycles. The summed E-state index contributed by atoms with van der Waals surface area (Å²) in [6, 6.07) is 10.3. The summed E-state index contributed by atoms with van der Waals surface area (Å²) in [5.74, 6) is 1.32. The molecular weight excluding hydrogens is 392 g/mol. The molecule has 3 heterocycles. The number of nitrogens with one attached hydrogen (secondary N) is 2. The first-order valence-corrected chi connectivity index (χ1v) is 9.43. The summed E-state index contributed by atoms with van der Waals surface area (Å²) in [5.41, 5.74) is 1.81. The Morgan fingerprint density at radius 3 is 2.86 bits per heavy atom. The molecule has 4 rings (SSSR count). The van der Waals surface area contributed by atoms with Gasteiger partial charge in [-0.1, -0.05) is 11.6 Å². The summed E-state index contributed by atoms with van der Waals surface area (Å²) in [5, 5.41) is 31.6. The second-order valence-corrected chi connectivity index (χ2v) is 7.75. The lowest BCUT2D eigenvalue weighted by Gasteiger charge is -2.42. The van der Waals surface area contributed by atoms with E-state index in [1.165, 1.54) is 0 Å². The van der Waals surface area contributed by atoms with Crippen LogP contribution >= 0.6 is 11.6 Å². The molecule has 3 N–H and O–H groups in total. The lowest BCUT2D eigenvalue weighted by atomic mass is 9.86. The minimum atomic E-state index is -0.819. The van der Waals surface area contributed by atoms with Crippen LogP contribution in [-0.4, -0.2) is 37.0 Å². The Morgan fingerprint density at radius 1 is 1.31 bits per heavy atom. The fourth-order valence-electron chi connectivity index (χ4n) is 3.34. The Balaban J connectivity index is 1.56. The van der Waals surface area contributed by atoms with Gasteiger partial charge in [0.15, 0.2) is 5.15 Å². The van der Waals surface area contributed by atoms with E-state index in [0.29, 0.717) is 40.2 Å². The minimum absolute atomic E-state index is 0.321. The van der Waals surface area contributed by atoms with Gasteiger partial charge in [-0.15, -0.1) is 10.2 Å². The Hall–Kier alpha value is -2.99. The highest BCUT2D eigenvalue weighted by molar-refractivity contribution is 6.29. The van der Waals surface area contributed by atoms with E-state index in [-0.39, 0.29) is 0 Å². The van der Waals surface area contributed by atoms with Gasteiger partial charge in [-0.2, -0.15) is 5.26 Å². The SMILES string of the molecule is CC1(C)Oc2ccc(C#N)cc2[C@H](NCc2ncc(-c3ccc(Cl)nn3)[nH]2)[C@H]1O. The molecule has 9 heteroatoms. The number of aliphatic hydroxyl groups is 1. The van der Waals surface area contributed by atoms with Crippen molar-refractivity contribution < 1.29 is 9.84 Å². The smallest absolute Gasteiger partial charge is 0.151 e. The average molecular weight is 411 g/mol. The number of hydrogen-bond acceptors (Lipinski definition) is 7. The molecule has 8 nitrogen and oxygen atoms in total. The van der Waals surface area contributed by atoms with Crippen molar-refractivity contribution >= 4 is 11.6 Å². The molecule has 3 aromatic rings. The van der Waals surface area contributed by atoms with E-state index < -0.39 is 17.7 Å². The molecule has 2 aromatic heterocycles. The fraction of sp³-hybridized carbons (Fsp3) is 0.300. The predicted molar refractivity (Wildman–Crippen MR) is 106 cm³/mol. The Morgan fingerprint density at radius 2 is 2.14 bits per heavy atom. The van der Waals surface area contributed by atoms with Crippen LogP contribution in [0.3, 0.4) is 0 Å². The number of aliphatic hydroxyl groups excluding tert-OH is 1. The molecule has 2 atom stereocenters. The molecule has 0 unspecified atom stereocenters.